The number of imidazole rings is 1. The van der Waals surface area contributed by atoms with Crippen LogP contribution in [0.4, 0.5) is 0 Å². The van der Waals surface area contributed by atoms with Crippen molar-refractivity contribution in [3.05, 3.63) is 12.7 Å². The summed E-state index contributed by atoms with van der Waals surface area (Å²) in [6, 6.07) is 0. The number of hydrogen-bond acceptors (Lipinski definition) is 4. The van der Waals surface area contributed by atoms with Crippen molar-refractivity contribution in [2.75, 3.05) is 0 Å². The zero-order chi connectivity index (χ0) is 9.97. The molecule has 0 saturated carbocycles. The number of nitrogens with one attached hydrogen (secondary N) is 1. The topological polar surface area (TPSA) is 54.5 Å². The fraction of sp³-hybridized carbons (Fsp3) is 0.444. The first-order valence-electron chi connectivity index (χ1n) is 4.62. The van der Waals surface area contributed by atoms with Gasteiger partial charge in [-0.25, -0.2) is 15.0 Å². The second-order valence-corrected chi connectivity index (χ2v) is 4.54. The van der Waals surface area contributed by atoms with E-state index < -0.39 is 0 Å². The molecule has 74 valence electrons. The van der Waals surface area contributed by atoms with Crippen LogP contribution >= 0.6 is 11.8 Å². The summed E-state index contributed by atoms with van der Waals surface area (Å²) >= 11 is 1.74. The van der Waals surface area contributed by atoms with Crippen molar-refractivity contribution in [1.29, 1.82) is 0 Å². The molecule has 0 saturated heterocycles. The zero-order valence-corrected chi connectivity index (χ0v) is 9.01. The molecule has 1 atom stereocenters. The third-order valence-corrected chi connectivity index (χ3v) is 3.33. The molecule has 2 aromatic heterocycles. The van der Waals surface area contributed by atoms with Crippen LogP contribution in [0.3, 0.4) is 0 Å². The Labute approximate surface area is 86.6 Å². The van der Waals surface area contributed by atoms with E-state index in [1.807, 2.05) is 0 Å². The minimum absolute atomic E-state index is 0.560. The fourth-order valence-corrected chi connectivity index (χ4v) is 2.02. The molecular weight excluding hydrogens is 196 g/mol. The highest BCUT2D eigenvalue weighted by Crippen LogP contribution is 2.26. The lowest BCUT2D eigenvalue weighted by atomic mass is 10.4. The number of thioether (sulfide) groups is 1. The van der Waals surface area contributed by atoms with Gasteiger partial charge in [-0.15, -0.1) is 11.8 Å². The van der Waals surface area contributed by atoms with Gasteiger partial charge in [0.1, 0.15) is 16.9 Å². The van der Waals surface area contributed by atoms with Gasteiger partial charge in [0.05, 0.1) is 6.33 Å². The van der Waals surface area contributed by atoms with Crippen LogP contribution in [-0.2, 0) is 0 Å². The molecule has 0 aromatic carbocycles. The molecule has 1 unspecified atom stereocenters. The Bertz CT molecular complexity index is 425. The van der Waals surface area contributed by atoms with E-state index in [1.165, 1.54) is 0 Å². The Morgan fingerprint density at radius 2 is 2.29 bits per heavy atom. The minimum Gasteiger partial charge on any atom is -0.329 e. The molecule has 0 fully saturated rings. The average molecular weight is 208 g/mol. The molecule has 0 radical (unpaired) electrons. The van der Waals surface area contributed by atoms with Gasteiger partial charge < -0.3 is 4.98 Å². The lowest BCUT2D eigenvalue weighted by Crippen LogP contribution is -1.95. The van der Waals surface area contributed by atoms with Crippen molar-refractivity contribution < 1.29 is 0 Å². The molecule has 2 heterocycles. The largest absolute Gasteiger partial charge is 0.329 e. The van der Waals surface area contributed by atoms with Crippen LogP contribution in [0.25, 0.3) is 11.2 Å². The van der Waals surface area contributed by atoms with Crippen molar-refractivity contribution >= 4 is 22.9 Å². The van der Waals surface area contributed by atoms with Gasteiger partial charge in [-0.1, -0.05) is 13.8 Å². The molecule has 0 aliphatic carbocycles. The van der Waals surface area contributed by atoms with E-state index in [0.29, 0.717) is 5.25 Å². The monoisotopic (exact) mass is 208 g/mol. The standard InChI is InChI=1S/C9H12N4S/c1-3-6(2)14-9-7-8(11-4-10-7)12-5-13-9/h4-6H,3H2,1-2H3,(H,10,11,12,13). The summed E-state index contributed by atoms with van der Waals surface area (Å²) in [7, 11) is 0. The number of rotatable bonds is 3. The van der Waals surface area contributed by atoms with Crippen molar-refractivity contribution in [3.63, 3.8) is 0 Å². The van der Waals surface area contributed by atoms with Crippen molar-refractivity contribution in [1.82, 2.24) is 19.9 Å². The van der Waals surface area contributed by atoms with E-state index in [0.717, 1.165) is 22.6 Å². The summed E-state index contributed by atoms with van der Waals surface area (Å²) in [5.74, 6) is 0. The van der Waals surface area contributed by atoms with Crippen LogP contribution in [0.15, 0.2) is 17.7 Å². The van der Waals surface area contributed by atoms with Crippen molar-refractivity contribution in [2.24, 2.45) is 0 Å². The van der Waals surface area contributed by atoms with E-state index in [2.05, 4.69) is 33.8 Å². The predicted molar refractivity (Wildman–Crippen MR) is 57.3 cm³/mol. The van der Waals surface area contributed by atoms with Gasteiger partial charge in [0, 0.05) is 5.25 Å². The first-order valence-corrected chi connectivity index (χ1v) is 5.50. The summed E-state index contributed by atoms with van der Waals surface area (Å²) in [6.07, 6.45) is 4.35. The normalized spacial score (nSPS) is 13.3. The summed E-state index contributed by atoms with van der Waals surface area (Å²) in [4.78, 5) is 15.5. The Balaban J connectivity index is 2.36. The molecule has 0 bridgehead atoms. The maximum Gasteiger partial charge on any atom is 0.161 e. The quantitative estimate of drug-likeness (QED) is 0.621. The Morgan fingerprint density at radius 3 is 3.07 bits per heavy atom. The first-order chi connectivity index (χ1) is 6.81. The highest BCUT2D eigenvalue weighted by molar-refractivity contribution is 8.00. The summed E-state index contributed by atoms with van der Waals surface area (Å²) in [5.41, 5.74) is 1.68. The minimum atomic E-state index is 0.560. The lowest BCUT2D eigenvalue weighted by molar-refractivity contribution is 0.901. The van der Waals surface area contributed by atoms with Crippen LogP contribution in [0, 0.1) is 0 Å². The van der Waals surface area contributed by atoms with Gasteiger partial charge >= 0.3 is 0 Å². The number of aromatic nitrogens is 4. The lowest BCUT2D eigenvalue weighted by Gasteiger charge is -2.06. The number of nitrogens with zero attached hydrogens (tertiary/aromatic N) is 3. The van der Waals surface area contributed by atoms with E-state index in [-0.39, 0.29) is 0 Å². The summed E-state index contributed by atoms with van der Waals surface area (Å²) in [6.45, 7) is 4.35. The Hall–Kier alpha value is -1.10. The van der Waals surface area contributed by atoms with E-state index in [9.17, 15) is 0 Å². The molecule has 5 heteroatoms. The van der Waals surface area contributed by atoms with E-state index >= 15 is 0 Å². The predicted octanol–water partition coefficient (Wildman–Crippen LogP) is 2.24. The maximum atomic E-state index is 4.24. The summed E-state index contributed by atoms with van der Waals surface area (Å²) in [5, 5.41) is 1.52. The van der Waals surface area contributed by atoms with E-state index in [4.69, 9.17) is 0 Å². The molecule has 4 nitrogen and oxygen atoms in total. The molecule has 2 rings (SSSR count). The average Bonchev–Trinajstić information content (AvgIpc) is 2.66. The van der Waals surface area contributed by atoms with Crippen LogP contribution in [0.2, 0.25) is 0 Å². The molecule has 0 spiro atoms. The van der Waals surface area contributed by atoms with Gasteiger partial charge in [-0.05, 0) is 6.42 Å². The number of fused-ring (bicyclic) bond motifs is 1. The zero-order valence-electron chi connectivity index (χ0n) is 8.19. The second kappa shape index (κ2) is 3.96. The van der Waals surface area contributed by atoms with Crippen LogP contribution < -0.4 is 0 Å². The molecule has 2 aromatic rings. The molecule has 1 N–H and O–H groups in total. The van der Waals surface area contributed by atoms with Crippen LogP contribution in [-0.4, -0.2) is 25.2 Å². The molecule has 14 heavy (non-hydrogen) atoms. The highest BCUT2D eigenvalue weighted by Gasteiger charge is 2.09. The molecule has 0 aliphatic rings. The number of H-pyrrole nitrogens is 1. The number of hydrogen-bond donors (Lipinski definition) is 1. The second-order valence-electron chi connectivity index (χ2n) is 3.12. The third-order valence-electron chi connectivity index (χ3n) is 2.07. The van der Waals surface area contributed by atoms with E-state index in [1.54, 1.807) is 24.4 Å². The Morgan fingerprint density at radius 1 is 1.43 bits per heavy atom. The van der Waals surface area contributed by atoms with Crippen LogP contribution in [0.1, 0.15) is 20.3 Å². The highest BCUT2D eigenvalue weighted by atomic mass is 32.2. The van der Waals surface area contributed by atoms with Gasteiger partial charge in [0.2, 0.25) is 0 Å². The van der Waals surface area contributed by atoms with Gasteiger partial charge in [-0.3, -0.25) is 0 Å². The van der Waals surface area contributed by atoms with Gasteiger partial charge in [0.25, 0.3) is 0 Å². The SMILES string of the molecule is CCC(C)Sc1ncnc2[nH]cnc12. The Kier molecular flexibility index (Phi) is 2.67. The van der Waals surface area contributed by atoms with Crippen molar-refractivity contribution in [3.8, 4) is 0 Å². The molecular formula is C9H12N4S. The smallest absolute Gasteiger partial charge is 0.161 e. The maximum absolute atomic E-state index is 4.24. The van der Waals surface area contributed by atoms with Gasteiger partial charge in [-0.2, -0.15) is 0 Å². The molecule has 0 amide bonds. The van der Waals surface area contributed by atoms with Crippen LogP contribution in [0.5, 0.6) is 0 Å². The molecule has 0 aliphatic heterocycles. The number of aromatic amines is 1. The van der Waals surface area contributed by atoms with Gasteiger partial charge in [0.15, 0.2) is 5.65 Å². The fourth-order valence-electron chi connectivity index (χ4n) is 1.10. The first kappa shape index (κ1) is 9.45. The third kappa shape index (κ3) is 1.72. The van der Waals surface area contributed by atoms with Crippen molar-refractivity contribution in [2.45, 2.75) is 30.5 Å². The summed E-state index contributed by atoms with van der Waals surface area (Å²) < 4.78 is 0.